The van der Waals surface area contributed by atoms with Crippen LogP contribution in [0.15, 0.2) is 12.1 Å². The molecule has 0 aliphatic carbocycles. The van der Waals surface area contributed by atoms with Crippen LogP contribution in [-0.4, -0.2) is 32.5 Å². The second-order valence-electron chi connectivity index (χ2n) is 4.67. The zero-order chi connectivity index (χ0) is 15.0. The van der Waals surface area contributed by atoms with Gasteiger partial charge in [0, 0.05) is 15.5 Å². The molecule has 1 rings (SSSR count). The maximum absolute atomic E-state index is 11.6. The lowest BCUT2D eigenvalue weighted by Crippen LogP contribution is -2.11. The van der Waals surface area contributed by atoms with Gasteiger partial charge in [-0.3, -0.25) is 4.79 Å². The van der Waals surface area contributed by atoms with Crippen LogP contribution < -0.4 is 0 Å². The van der Waals surface area contributed by atoms with Crippen molar-refractivity contribution in [2.24, 2.45) is 0 Å². The minimum absolute atomic E-state index is 0.182. The van der Waals surface area contributed by atoms with Crippen molar-refractivity contribution in [2.45, 2.75) is 39.5 Å². The minimum Gasteiger partial charge on any atom is -0.465 e. The Bertz CT molecular complexity index is 517. The SMILES string of the molecule is CCCOC(=O)Cc1ccc(CCS(=O)(=O)CCC)s1. The van der Waals surface area contributed by atoms with Gasteiger partial charge in [-0.25, -0.2) is 8.42 Å². The number of esters is 1. The Morgan fingerprint density at radius 2 is 1.85 bits per heavy atom. The summed E-state index contributed by atoms with van der Waals surface area (Å²) in [5.41, 5.74) is 0. The molecule has 6 heteroatoms. The molecule has 0 amide bonds. The predicted molar refractivity (Wildman–Crippen MR) is 81.9 cm³/mol. The summed E-state index contributed by atoms with van der Waals surface area (Å²) < 4.78 is 28.3. The molecule has 0 N–H and O–H groups in total. The van der Waals surface area contributed by atoms with Crippen LogP contribution in [0.3, 0.4) is 0 Å². The summed E-state index contributed by atoms with van der Waals surface area (Å²) >= 11 is 1.49. The third kappa shape index (κ3) is 6.52. The number of aryl methyl sites for hydroxylation is 1. The Balaban J connectivity index is 2.45. The summed E-state index contributed by atoms with van der Waals surface area (Å²) in [6.07, 6.45) is 2.27. The van der Waals surface area contributed by atoms with Gasteiger partial charge >= 0.3 is 5.97 Å². The number of ether oxygens (including phenoxy) is 1. The number of rotatable bonds is 9. The first-order valence-electron chi connectivity index (χ1n) is 6.90. The third-order valence-electron chi connectivity index (χ3n) is 2.68. The van der Waals surface area contributed by atoms with E-state index in [9.17, 15) is 13.2 Å². The molecule has 0 saturated heterocycles. The minimum atomic E-state index is -2.94. The van der Waals surface area contributed by atoms with Crippen LogP contribution in [0.2, 0.25) is 0 Å². The standard InChI is InChI=1S/C14H22O4S2/c1-3-8-18-14(15)11-13-6-5-12(19-13)7-10-20(16,17)9-4-2/h5-6H,3-4,7-11H2,1-2H3. The highest BCUT2D eigenvalue weighted by atomic mass is 32.2. The molecule has 0 aliphatic rings. The van der Waals surface area contributed by atoms with E-state index in [0.717, 1.165) is 16.2 Å². The smallest absolute Gasteiger partial charge is 0.311 e. The first-order valence-corrected chi connectivity index (χ1v) is 9.54. The van der Waals surface area contributed by atoms with Gasteiger partial charge in [-0.2, -0.15) is 0 Å². The second-order valence-corrected chi connectivity index (χ2v) is 8.22. The topological polar surface area (TPSA) is 60.4 Å². The summed E-state index contributed by atoms with van der Waals surface area (Å²) in [7, 11) is -2.94. The first-order chi connectivity index (χ1) is 9.46. The van der Waals surface area contributed by atoms with E-state index in [2.05, 4.69) is 0 Å². The number of sulfone groups is 1. The monoisotopic (exact) mass is 318 g/mol. The van der Waals surface area contributed by atoms with Crippen molar-refractivity contribution in [3.05, 3.63) is 21.9 Å². The number of carbonyl (C=O) groups is 1. The molecule has 0 saturated carbocycles. The second kappa shape index (κ2) is 8.42. The lowest BCUT2D eigenvalue weighted by molar-refractivity contribution is -0.142. The van der Waals surface area contributed by atoms with Gasteiger partial charge in [0.1, 0.15) is 0 Å². The Kier molecular flexibility index (Phi) is 7.23. The number of hydrogen-bond donors (Lipinski definition) is 0. The van der Waals surface area contributed by atoms with Crippen LogP contribution in [0.25, 0.3) is 0 Å². The summed E-state index contributed by atoms with van der Waals surface area (Å²) in [5, 5.41) is 0. The molecule has 1 heterocycles. The van der Waals surface area contributed by atoms with E-state index in [1.54, 1.807) is 0 Å². The number of hydrogen-bond acceptors (Lipinski definition) is 5. The quantitative estimate of drug-likeness (QED) is 0.657. The lowest BCUT2D eigenvalue weighted by atomic mass is 10.3. The summed E-state index contributed by atoms with van der Waals surface area (Å²) in [6.45, 7) is 4.27. The van der Waals surface area contributed by atoms with Crippen LogP contribution in [-0.2, 0) is 32.2 Å². The number of thiophene rings is 1. The third-order valence-corrected chi connectivity index (χ3v) is 5.68. The van der Waals surface area contributed by atoms with E-state index in [4.69, 9.17) is 4.74 Å². The van der Waals surface area contributed by atoms with Crippen LogP contribution in [0.5, 0.6) is 0 Å². The van der Waals surface area contributed by atoms with Gasteiger partial charge in [-0.1, -0.05) is 13.8 Å². The van der Waals surface area contributed by atoms with Crippen LogP contribution in [0.1, 0.15) is 36.4 Å². The van der Waals surface area contributed by atoms with E-state index in [1.165, 1.54) is 11.3 Å². The van der Waals surface area contributed by atoms with Gasteiger partial charge < -0.3 is 4.74 Å². The van der Waals surface area contributed by atoms with Crippen molar-refractivity contribution >= 4 is 27.1 Å². The van der Waals surface area contributed by atoms with Gasteiger partial charge in [0.15, 0.2) is 9.84 Å². The largest absolute Gasteiger partial charge is 0.465 e. The Labute approximate surface area is 125 Å². The highest BCUT2D eigenvalue weighted by Gasteiger charge is 2.12. The predicted octanol–water partition coefficient (Wildman–Crippen LogP) is 2.61. The Hall–Kier alpha value is -0.880. The fraction of sp³-hybridized carbons (Fsp3) is 0.643. The summed E-state index contributed by atoms with van der Waals surface area (Å²) in [5.74, 6) is 0.203. The van der Waals surface area contributed by atoms with Crippen LogP contribution in [0, 0.1) is 0 Å². The molecule has 0 fully saturated rings. The fourth-order valence-electron chi connectivity index (χ4n) is 1.73. The molecule has 0 bridgehead atoms. The molecule has 0 aliphatic heterocycles. The van der Waals surface area contributed by atoms with E-state index in [1.807, 2.05) is 26.0 Å². The van der Waals surface area contributed by atoms with Gasteiger partial charge in [-0.05, 0) is 31.4 Å². The molecule has 20 heavy (non-hydrogen) atoms. The van der Waals surface area contributed by atoms with E-state index in [0.29, 0.717) is 19.4 Å². The van der Waals surface area contributed by atoms with Crippen molar-refractivity contribution in [1.29, 1.82) is 0 Å². The molecule has 0 atom stereocenters. The van der Waals surface area contributed by atoms with Gasteiger partial charge in [0.2, 0.25) is 0 Å². The molecule has 4 nitrogen and oxygen atoms in total. The summed E-state index contributed by atoms with van der Waals surface area (Å²) in [6, 6.07) is 3.77. The molecule has 0 aromatic carbocycles. The van der Waals surface area contributed by atoms with E-state index < -0.39 is 9.84 Å². The van der Waals surface area contributed by atoms with Crippen molar-refractivity contribution in [1.82, 2.24) is 0 Å². The highest BCUT2D eigenvalue weighted by Crippen LogP contribution is 2.18. The zero-order valence-electron chi connectivity index (χ0n) is 12.1. The van der Waals surface area contributed by atoms with Crippen LogP contribution >= 0.6 is 11.3 Å². The van der Waals surface area contributed by atoms with Crippen LogP contribution in [0.4, 0.5) is 0 Å². The summed E-state index contributed by atoms with van der Waals surface area (Å²) in [4.78, 5) is 13.4. The maximum Gasteiger partial charge on any atom is 0.311 e. The zero-order valence-corrected chi connectivity index (χ0v) is 13.7. The van der Waals surface area contributed by atoms with Crippen molar-refractivity contribution in [2.75, 3.05) is 18.1 Å². The molecule has 1 aromatic rings. The van der Waals surface area contributed by atoms with E-state index >= 15 is 0 Å². The normalized spacial score (nSPS) is 11.5. The lowest BCUT2D eigenvalue weighted by Gasteiger charge is -2.01. The fourth-order valence-corrected chi connectivity index (χ4v) is 4.22. The van der Waals surface area contributed by atoms with Gasteiger partial charge in [-0.15, -0.1) is 11.3 Å². The Morgan fingerprint density at radius 1 is 1.15 bits per heavy atom. The van der Waals surface area contributed by atoms with Crippen molar-refractivity contribution < 1.29 is 17.9 Å². The van der Waals surface area contributed by atoms with Crippen molar-refractivity contribution in [3.63, 3.8) is 0 Å². The van der Waals surface area contributed by atoms with Gasteiger partial charge in [0.25, 0.3) is 0 Å². The molecular weight excluding hydrogens is 296 g/mol. The maximum atomic E-state index is 11.6. The Morgan fingerprint density at radius 3 is 2.50 bits per heavy atom. The molecule has 0 unspecified atom stereocenters. The average Bonchev–Trinajstić information content (AvgIpc) is 2.82. The van der Waals surface area contributed by atoms with Crippen molar-refractivity contribution in [3.8, 4) is 0 Å². The molecule has 0 spiro atoms. The molecule has 114 valence electrons. The van der Waals surface area contributed by atoms with E-state index in [-0.39, 0.29) is 23.9 Å². The molecule has 0 radical (unpaired) electrons. The number of carbonyl (C=O) groups excluding carboxylic acids is 1. The molecule has 1 aromatic heterocycles. The molecular formula is C14H22O4S2. The highest BCUT2D eigenvalue weighted by molar-refractivity contribution is 7.91. The van der Waals surface area contributed by atoms with Gasteiger partial charge in [0.05, 0.1) is 18.8 Å². The first kappa shape index (κ1) is 17.2. The average molecular weight is 318 g/mol.